The summed E-state index contributed by atoms with van der Waals surface area (Å²) in [4.78, 5) is 27.3. The van der Waals surface area contributed by atoms with Crippen LogP contribution in [0.5, 0.6) is 0 Å². The molecule has 5 heteroatoms. The number of hydrogen-bond donors (Lipinski definition) is 1. The minimum absolute atomic E-state index is 0.0822. The molecule has 27 heavy (non-hydrogen) atoms. The Morgan fingerprint density at radius 1 is 1.04 bits per heavy atom. The zero-order valence-electron chi connectivity index (χ0n) is 15.4. The molecule has 136 valence electrons. The van der Waals surface area contributed by atoms with Crippen molar-refractivity contribution in [2.45, 2.75) is 6.92 Å². The van der Waals surface area contributed by atoms with Gasteiger partial charge in [-0.1, -0.05) is 72.8 Å². The predicted octanol–water partition coefficient (Wildman–Crippen LogP) is 3.75. The largest absolute Gasteiger partial charge is 0.338 e. The lowest BCUT2D eigenvalue weighted by atomic mass is 9.95. The highest BCUT2D eigenvalue weighted by molar-refractivity contribution is 6.03. The van der Waals surface area contributed by atoms with Crippen molar-refractivity contribution in [1.82, 2.24) is 15.1 Å². The van der Waals surface area contributed by atoms with Crippen molar-refractivity contribution in [1.29, 1.82) is 0 Å². The molecule has 2 aromatic carbocycles. The highest BCUT2D eigenvalue weighted by Crippen LogP contribution is 2.31. The zero-order chi connectivity index (χ0) is 19.4. The van der Waals surface area contributed by atoms with Crippen molar-refractivity contribution in [2.24, 2.45) is 0 Å². The summed E-state index contributed by atoms with van der Waals surface area (Å²) in [5, 5.41) is 6.75. The Kier molecular flexibility index (Phi) is 5.31. The van der Waals surface area contributed by atoms with Crippen LogP contribution in [0, 0.1) is 0 Å². The van der Waals surface area contributed by atoms with E-state index >= 15 is 0 Å². The van der Waals surface area contributed by atoms with Crippen LogP contribution >= 0.6 is 0 Å². The SMILES string of the molecule is C=C(C)CN(C)C(=O)c1c(-c2ccccc2)c(-c2ccccc2)n[nH]c1=O. The lowest BCUT2D eigenvalue weighted by molar-refractivity contribution is 0.0806. The zero-order valence-corrected chi connectivity index (χ0v) is 15.4. The second kappa shape index (κ2) is 7.83. The number of nitrogens with one attached hydrogen (secondary N) is 1. The summed E-state index contributed by atoms with van der Waals surface area (Å²) in [5.41, 5.74) is 3.09. The summed E-state index contributed by atoms with van der Waals surface area (Å²) >= 11 is 0. The van der Waals surface area contributed by atoms with Gasteiger partial charge in [0.2, 0.25) is 0 Å². The van der Waals surface area contributed by atoms with Crippen molar-refractivity contribution < 1.29 is 4.79 Å². The van der Waals surface area contributed by atoms with Gasteiger partial charge in [-0.05, 0) is 12.5 Å². The molecule has 0 atom stereocenters. The average Bonchev–Trinajstić information content (AvgIpc) is 2.68. The maximum absolute atomic E-state index is 13.1. The van der Waals surface area contributed by atoms with Crippen LogP contribution in [-0.4, -0.2) is 34.6 Å². The van der Waals surface area contributed by atoms with E-state index in [0.717, 1.165) is 16.7 Å². The van der Waals surface area contributed by atoms with E-state index in [-0.39, 0.29) is 11.5 Å². The fourth-order valence-corrected chi connectivity index (χ4v) is 3.01. The smallest absolute Gasteiger partial charge is 0.277 e. The molecule has 0 unspecified atom stereocenters. The number of nitrogens with zero attached hydrogens (tertiary/aromatic N) is 2. The van der Waals surface area contributed by atoms with Crippen LogP contribution in [0.2, 0.25) is 0 Å². The van der Waals surface area contributed by atoms with Gasteiger partial charge in [-0.2, -0.15) is 5.10 Å². The normalized spacial score (nSPS) is 10.4. The molecule has 0 aliphatic carbocycles. The van der Waals surface area contributed by atoms with E-state index in [4.69, 9.17) is 0 Å². The average molecular weight is 359 g/mol. The topological polar surface area (TPSA) is 66.1 Å². The number of carbonyl (C=O) groups excluding carboxylic acids is 1. The van der Waals surface area contributed by atoms with Crippen molar-refractivity contribution in [3.63, 3.8) is 0 Å². The third kappa shape index (κ3) is 3.87. The molecule has 1 amide bonds. The number of aromatic amines is 1. The Hall–Kier alpha value is -3.47. The van der Waals surface area contributed by atoms with Gasteiger partial charge in [0.15, 0.2) is 0 Å². The molecule has 0 saturated heterocycles. The van der Waals surface area contributed by atoms with Crippen molar-refractivity contribution in [3.8, 4) is 22.4 Å². The van der Waals surface area contributed by atoms with Gasteiger partial charge in [-0.3, -0.25) is 9.59 Å². The lowest BCUT2D eigenvalue weighted by Gasteiger charge is -2.20. The standard InChI is InChI=1S/C22H21N3O2/c1-15(2)14-25(3)22(27)19-18(16-10-6-4-7-11-16)20(23-24-21(19)26)17-12-8-5-9-13-17/h4-13H,1,14H2,2-3H3,(H,24,26). The molecule has 1 aromatic heterocycles. The van der Waals surface area contributed by atoms with E-state index in [2.05, 4.69) is 16.8 Å². The van der Waals surface area contributed by atoms with Gasteiger partial charge < -0.3 is 4.90 Å². The van der Waals surface area contributed by atoms with E-state index in [9.17, 15) is 9.59 Å². The molecule has 1 heterocycles. The molecule has 0 aliphatic heterocycles. The number of amides is 1. The number of carbonyl (C=O) groups is 1. The molecule has 3 aromatic rings. The Bertz CT molecular complexity index is 1020. The van der Waals surface area contributed by atoms with Gasteiger partial charge in [0.05, 0.1) is 5.69 Å². The molecular formula is C22H21N3O2. The minimum Gasteiger partial charge on any atom is -0.338 e. The number of rotatable bonds is 5. The summed E-state index contributed by atoms with van der Waals surface area (Å²) < 4.78 is 0. The summed E-state index contributed by atoms with van der Waals surface area (Å²) in [6.45, 7) is 6.06. The lowest BCUT2D eigenvalue weighted by Crippen LogP contribution is -2.34. The van der Waals surface area contributed by atoms with Crippen LogP contribution in [0.3, 0.4) is 0 Å². The molecule has 0 aliphatic rings. The fraction of sp³-hybridized carbons (Fsp3) is 0.136. The van der Waals surface area contributed by atoms with E-state index < -0.39 is 5.56 Å². The highest BCUT2D eigenvalue weighted by atomic mass is 16.2. The fourth-order valence-electron chi connectivity index (χ4n) is 3.01. The number of likely N-dealkylation sites (N-methyl/N-ethyl adjacent to an activating group) is 1. The second-order valence-corrected chi connectivity index (χ2v) is 6.50. The van der Waals surface area contributed by atoms with Crippen LogP contribution in [0.4, 0.5) is 0 Å². The number of aromatic nitrogens is 2. The van der Waals surface area contributed by atoms with Gasteiger partial charge >= 0.3 is 0 Å². The second-order valence-electron chi connectivity index (χ2n) is 6.50. The summed E-state index contributed by atoms with van der Waals surface area (Å²) in [6.07, 6.45) is 0. The Morgan fingerprint density at radius 2 is 1.59 bits per heavy atom. The van der Waals surface area contributed by atoms with Gasteiger partial charge in [0.25, 0.3) is 11.5 Å². The third-order valence-electron chi connectivity index (χ3n) is 4.16. The predicted molar refractivity (Wildman–Crippen MR) is 108 cm³/mol. The van der Waals surface area contributed by atoms with Crippen molar-refractivity contribution >= 4 is 5.91 Å². The van der Waals surface area contributed by atoms with E-state index in [1.165, 1.54) is 4.90 Å². The molecule has 5 nitrogen and oxygen atoms in total. The van der Waals surface area contributed by atoms with Crippen molar-refractivity contribution in [3.05, 3.63) is 88.7 Å². The molecule has 0 fully saturated rings. The monoisotopic (exact) mass is 359 g/mol. The third-order valence-corrected chi connectivity index (χ3v) is 4.16. The van der Waals surface area contributed by atoms with Crippen LogP contribution in [0.15, 0.2) is 77.6 Å². The highest BCUT2D eigenvalue weighted by Gasteiger charge is 2.25. The van der Waals surface area contributed by atoms with Crippen LogP contribution in [-0.2, 0) is 0 Å². The first-order chi connectivity index (χ1) is 13.0. The number of H-pyrrole nitrogens is 1. The Morgan fingerprint density at radius 3 is 2.15 bits per heavy atom. The van der Waals surface area contributed by atoms with Crippen LogP contribution in [0.25, 0.3) is 22.4 Å². The quantitative estimate of drug-likeness (QED) is 0.706. The molecule has 3 rings (SSSR count). The molecule has 0 radical (unpaired) electrons. The van der Waals surface area contributed by atoms with Crippen LogP contribution in [0.1, 0.15) is 17.3 Å². The Balaban J connectivity index is 2.28. The van der Waals surface area contributed by atoms with Gasteiger partial charge in [-0.25, -0.2) is 5.10 Å². The Labute approximate surface area is 158 Å². The number of benzene rings is 2. The van der Waals surface area contributed by atoms with Gasteiger partial charge in [0, 0.05) is 24.7 Å². The van der Waals surface area contributed by atoms with E-state index in [0.29, 0.717) is 17.8 Å². The minimum atomic E-state index is -0.507. The van der Waals surface area contributed by atoms with Crippen LogP contribution < -0.4 is 5.56 Å². The van der Waals surface area contributed by atoms with E-state index in [1.807, 2.05) is 67.6 Å². The van der Waals surface area contributed by atoms with E-state index in [1.54, 1.807) is 7.05 Å². The first kappa shape index (κ1) is 18.3. The van der Waals surface area contributed by atoms with Crippen molar-refractivity contribution in [2.75, 3.05) is 13.6 Å². The first-order valence-corrected chi connectivity index (χ1v) is 8.62. The summed E-state index contributed by atoms with van der Waals surface area (Å²) in [6, 6.07) is 18.9. The summed E-state index contributed by atoms with van der Waals surface area (Å²) in [5.74, 6) is -0.363. The maximum Gasteiger partial charge on any atom is 0.277 e. The first-order valence-electron chi connectivity index (χ1n) is 8.62. The molecule has 0 saturated carbocycles. The number of hydrogen-bond acceptors (Lipinski definition) is 3. The maximum atomic E-state index is 13.1. The van der Waals surface area contributed by atoms with Gasteiger partial charge in [-0.15, -0.1) is 0 Å². The molecule has 1 N–H and O–H groups in total. The molecule has 0 bridgehead atoms. The molecule has 0 spiro atoms. The molecular weight excluding hydrogens is 338 g/mol. The summed E-state index contributed by atoms with van der Waals surface area (Å²) in [7, 11) is 1.66. The van der Waals surface area contributed by atoms with Gasteiger partial charge in [0.1, 0.15) is 5.56 Å².